The minimum atomic E-state index is -3.74. The van der Waals surface area contributed by atoms with Gasteiger partial charge in [0.25, 0.3) is 5.91 Å². The Morgan fingerprint density at radius 3 is 2.63 bits per heavy atom. The molecule has 0 aliphatic carbocycles. The Kier molecular flexibility index (Phi) is 7.24. The van der Waals surface area contributed by atoms with E-state index in [0.717, 1.165) is 0 Å². The first-order valence-corrected chi connectivity index (χ1v) is 12.3. The van der Waals surface area contributed by atoms with Crippen LogP contribution in [0.25, 0.3) is 5.82 Å². The molecule has 184 valence electrons. The van der Waals surface area contributed by atoms with E-state index in [2.05, 4.69) is 15.4 Å². The van der Waals surface area contributed by atoms with Crippen LogP contribution in [0, 0.1) is 13.8 Å². The second kappa shape index (κ2) is 10.3. The standard InChI is InChI=1S/C23H25N5O6S/c1-16-6-7-18(13-20(16)35(31,32)27-9-11-33-12-10-27)26-22(29)15-34-23(30)19-14-25-28(17(19)2)21-5-3-4-8-24-21/h3-8,13-14H,9-12,15H2,1-2H3,(H,26,29). The maximum absolute atomic E-state index is 13.0. The van der Waals surface area contributed by atoms with Crippen molar-refractivity contribution in [3.05, 3.63) is 65.6 Å². The molecule has 0 saturated carbocycles. The number of nitrogens with zero attached hydrogens (tertiary/aromatic N) is 4. The van der Waals surface area contributed by atoms with Crippen molar-refractivity contribution >= 4 is 27.6 Å². The summed E-state index contributed by atoms with van der Waals surface area (Å²) in [6.07, 6.45) is 2.97. The van der Waals surface area contributed by atoms with Crippen LogP contribution in [-0.2, 0) is 24.3 Å². The summed E-state index contributed by atoms with van der Waals surface area (Å²) in [6, 6.07) is 9.93. The predicted molar refractivity (Wildman–Crippen MR) is 126 cm³/mol. The Bertz CT molecular complexity index is 1330. The smallest absolute Gasteiger partial charge is 0.342 e. The lowest BCUT2D eigenvalue weighted by atomic mass is 10.2. The zero-order chi connectivity index (χ0) is 25.0. The number of morpholine rings is 1. The van der Waals surface area contributed by atoms with Gasteiger partial charge in [-0.2, -0.15) is 9.40 Å². The summed E-state index contributed by atoms with van der Waals surface area (Å²) >= 11 is 0. The number of amides is 1. The number of aromatic nitrogens is 3. The minimum Gasteiger partial charge on any atom is -0.452 e. The lowest BCUT2D eigenvalue weighted by Gasteiger charge is -2.26. The number of aryl methyl sites for hydroxylation is 1. The van der Waals surface area contributed by atoms with E-state index in [1.165, 1.54) is 21.3 Å². The summed E-state index contributed by atoms with van der Waals surface area (Å²) in [6.45, 7) is 4.04. The summed E-state index contributed by atoms with van der Waals surface area (Å²) in [5.41, 5.74) is 1.56. The highest BCUT2D eigenvalue weighted by Gasteiger charge is 2.28. The number of nitrogens with one attached hydrogen (secondary N) is 1. The van der Waals surface area contributed by atoms with Crippen molar-refractivity contribution in [2.45, 2.75) is 18.7 Å². The van der Waals surface area contributed by atoms with Gasteiger partial charge in [-0.15, -0.1) is 0 Å². The summed E-state index contributed by atoms with van der Waals surface area (Å²) in [5, 5.41) is 6.75. The molecular formula is C23H25N5O6S. The molecule has 1 aliphatic heterocycles. The highest BCUT2D eigenvalue weighted by molar-refractivity contribution is 7.89. The molecule has 0 bridgehead atoms. The van der Waals surface area contributed by atoms with Gasteiger partial charge >= 0.3 is 5.97 Å². The highest BCUT2D eigenvalue weighted by atomic mass is 32.2. The topological polar surface area (TPSA) is 133 Å². The maximum atomic E-state index is 13.0. The van der Waals surface area contributed by atoms with Crippen LogP contribution in [0.4, 0.5) is 5.69 Å². The van der Waals surface area contributed by atoms with Crippen molar-refractivity contribution in [3.8, 4) is 5.82 Å². The van der Waals surface area contributed by atoms with Crippen molar-refractivity contribution in [2.75, 3.05) is 38.2 Å². The van der Waals surface area contributed by atoms with Gasteiger partial charge in [0.2, 0.25) is 10.0 Å². The van der Waals surface area contributed by atoms with Crippen molar-refractivity contribution in [3.63, 3.8) is 0 Å². The van der Waals surface area contributed by atoms with Gasteiger partial charge in [0.15, 0.2) is 12.4 Å². The molecule has 12 heteroatoms. The van der Waals surface area contributed by atoms with Crippen LogP contribution in [0.2, 0.25) is 0 Å². The van der Waals surface area contributed by atoms with Crippen LogP contribution >= 0.6 is 0 Å². The lowest BCUT2D eigenvalue weighted by Crippen LogP contribution is -2.40. The van der Waals surface area contributed by atoms with Crippen LogP contribution < -0.4 is 5.32 Å². The first-order valence-electron chi connectivity index (χ1n) is 10.9. The summed E-state index contributed by atoms with van der Waals surface area (Å²) in [4.78, 5) is 29.2. The van der Waals surface area contributed by atoms with Gasteiger partial charge in [-0.3, -0.25) is 4.79 Å². The zero-order valence-corrected chi connectivity index (χ0v) is 20.1. The number of esters is 1. The first-order chi connectivity index (χ1) is 16.8. The molecule has 0 atom stereocenters. The largest absolute Gasteiger partial charge is 0.452 e. The molecule has 35 heavy (non-hydrogen) atoms. The quantitative estimate of drug-likeness (QED) is 0.486. The van der Waals surface area contributed by atoms with Gasteiger partial charge in [-0.25, -0.2) is 22.9 Å². The van der Waals surface area contributed by atoms with Crippen molar-refractivity contribution in [1.29, 1.82) is 0 Å². The van der Waals surface area contributed by atoms with Crippen LogP contribution in [0.3, 0.4) is 0 Å². The molecule has 3 aromatic rings. The minimum absolute atomic E-state index is 0.103. The van der Waals surface area contributed by atoms with Crippen LogP contribution in [-0.4, -0.2) is 72.3 Å². The summed E-state index contributed by atoms with van der Waals surface area (Å²) in [5.74, 6) is -0.769. The molecule has 0 unspecified atom stereocenters. The van der Waals surface area contributed by atoms with E-state index in [4.69, 9.17) is 9.47 Å². The fourth-order valence-corrected chi connectivity index (χ4v) is 5.27. The van der Waals surface area contributed by atoms with E-state index >= 15 is 0 Å². The fourth-order valence-electron chi connectivity index (χ4n) is 3.61. The van der Waals surface area contributed by atoms with Gasteiger partial charge in [0.05, 0.1) is 30.0 Å². The van der Waals surface area contributed by atoms with E-state index in [0.29, 0.717) is 30.3 Å². The summed E-state index contributed by atoms with van der Waals surface area (Å²) in [7, 11) is -3.74. The third kappa shape index (κ3) is 5.39. The molecule has 0 radical (unpaired) electrons. The van der Waals surface area contributed by atoms with Crippen LogP contribution in [0.15, 0.2) is 53.7 Å². The second-order valence-corrected chi connectivity index (χ2v) is 9.77. The number of carbonyl (C=O) groups is 2. The number of ether oxygens (including phenoxy) is 2. The number of pyridine rings is 1. The van der Waals surface area contributed by atoms with Gasteiger partial charge < -0.3 is 14.8 Å². The number of hydrogen-bond donors (Lipinski definition) is 1. The van der Waals surface area contributed by atoms with Crippen LogP contribution in [0.1, 0.15) is 21.6 Å². The molecule has 11 nitrogen and oxygen atoms in total. The first kappa shape index (κ1) is 24.5. The molecule has 1 aliphatic rings. The average molecular weight is 500 g/mol. The molecule has 2 aromatic heterocycles. The predicted octanol–water partition coefficient (Wildman–Crippen LogP) is 1.70. The van der Waals surface area contributed by atoms with E-state index in [9.17, 15) is 18.0 Å². The third-order valence-electron chi connectivity index (χ3n) is 5.49. The van der Waals surface area contributed by atoms with Gasteiger partial charge in [0.1, 0.15) is 5.56 Å². The number of benzene rings is 1. The van der Waals surface area contributed by atoms with Crippen molar-refractivity contribution in [1.82, 2.24) is 19.1 Å². The second-order valence-electron chi connectivity index (χ2n) is 7.86. The van der Waals surface area contributed by atoms with Gasteiger partial charge in [0, 0.05) is 25.0 Å². The fraction of sp³-hybridized carbons (Fsp3) is 0.304. The van der Waals surface area contributed by atoms with E-state index in [1.54, 1.807) is 50.4 Å². The number of rotatable bonds is 7. The monoisotopic (exact) mass is 499 g/mol. The Morgan fingerprint density at radius 1 is 1.14 bits per heavy atom. The van der Waals surface area contributed by atoms with Crippen molar-refractivity contribution < 1.29 is 27.5 Å². The Labute approximate surface area is 202 Å². The van der Waals surface area contributed by atoms with E-state index in [1.807, 2.05) is 0 Å². The number of anilines is 1. The SMILES string of the molecule is Cc1ccc(NC(=O)COC(=O)c2cnn(-c3ccccn3)c2C)cc1S(=O)(=O)N1CCOCC1. The highest BCUT2D eigenvalue weighted by Crippen LogP contribution is 2.24. The third-order valence-corrected chi connectivity index (χ3v) is 7.53. The molecule has 1 amide bonds. The maximum Gasteiger partial charge on any atom is 0.342 e. The molecule has 1 aromatic carbocycles. The lowest BCUT2D eigenvalue weighted by molar-refractivity contribution is -0.119. The summed E-state index contributed by atoms with van der Waals surface area (Å²) < 4.78 is 39.3. The number of hydrogen-bond acceptors (Lipinski definition) is 8. The average Bonchev–Trinajstić information content (AvgIpc) is 3.26. The van der Waals surface area contributed by atoms with Crippen molar-refractivity contribution in [2.24, 2.45) is 0 Å². The molecule has 4 rings (SSSR count). The van der Waals surface area contributed by atoms with Gasteiger partial charge in [-0.05, 0) is 43.7 Å². The van der Waals surface area contributed by atoms with Gasteiger partial charge in [-0.1, -0.05) is 12.1 Å². The number of sulfonamides is 1. The molecule has 1 N–H and O–H groups in total. The molecule has 0 spiro atoms. The number of carbonyl (C=O) groups excluding carboxylic acids is 2. The van der Waals surface area contributed by atoms with Crippen LogP contribution in [0.5, 0.6) is 0 Å². The zero-order valence-electron chi connectivity index (χ0n) is 19.3. The Hall–Kier alpha value is -3.61. The normalized spacial score (nSPS) is 14.5. The Morgan fingerprint density at radius 2 is 1.91 bits per heavy atom. The van der Waals surface area contributed by atoms with E-state index < -0.39 is 28.5 Å². The molecule has 1 fully saturated rings. The molecule has 3 heterocycles. The molecule has 1 saturated heterocycles. The Balaban J connectivity index is 1.40. The molecular weight excluding hydrogens is 474 g/mol. The van der Waals surface area contributed by atoms with E-state index in [-0.39, 0.29) is 29.2 Å².